The number of aryl methyl sites for hydroxylation is 1. The summed E-state index contributed by atoms with van der Waals surface area (Å²) in [4.78, 5) is 17.5. The highest BCUT2D eigenvalue weighted by Crippen LogP contribution is 2.27. The molecule has 0 saturated heterocycles. The summed E-state index contributed by atoms with van der Waals surface area (Å²) in [5.41, 5.74) is 5.27. The van der Waals surface area contributed by atoms with Crippen molar-refractivity contribution in [3.63, 3.8) is 0 Å². The van der Waals surface area contributed by atoms with Crippen LogP contribution in [0.25, 0.3) is 0 Å². The number of nitrogen functional groups attached to an aromatic ring is 1. The maximum atomic E-state index is 10.8. The molecule has 1 heterocycles. The van der Waals surface area contributed by atoms with Gasteiger partial charge in [0.05, 0.1) is 11.5 Å². The molecule has 0 spiro atoms. The van der Waals surface area contributed by atoms with Crippen molar-refractivity contribution in [2.45, 2.75) is 6.92 Å². The van der Waals surface area contributed by atoms with E-state index in [1.54, 1.807) is 0 Å². The van der Waals surface area contributed by atoms with Gasteiger partial charge in [-0.15, -0.1) is 0 Å². The molecule has 0 unspecified atom stereocenters. The number of hydrogen-bond acceptors (Lipinski definition) is 7. The predicted octanol–water partition coefficient (Wildman–Crippen LogP) is 0.301. The molecule has 16 heavy (non-hydrogen) atoms. The topological polar surface area (TPSA) is 113 Å². The standard InChI is InChI=1S/C8H12N4O4/c1-5-6(12(13)14)7(11-8(9)10-5)16-4-3-15-2/h3-4H2,1-2H3,(H2,9,10,11). The van der Waals surface area contributed by atoms with Gasteiger partial charge in [0.2, 0.25) is 5.95 Å². The van der Waals surface area contributed by atoms with Crippen LogP contribution in [0.15, 0.2) is 0 Å². The van der Waals surface area contributed by atoms with Crippen LogP contribution in [0.4, 0.5) is 11.6 Å². The van der Waals surface area contributed by atoms with Crippen LogP contribution in [-0.2, 0) is 4.74 Å². The SMILES string of the molecule is COCCOc1nc(N)nc(C)c1[N+](=O)[O-]. The molecule has 8 heteroatoms. The molecule has 1 aromatic heterocycles. The van der Waals surface area contributed by atoms with Gasteiger partial charge < -0.3 is 15.2 Å². The van der Waals surface area contributed by atoms with E-state index in [4.69, 9.17) is 15.2 Å². The van der Waals surface area contributed by atoms with Crippen LogP contribution >= 0.6 is 0 Å². The molecule has 8 nitrogen and oxygen atoms in total. The Morgan fingerprint density at radius 2 is 2.12 bits per heavy atom. The zero-order valence-corrected chi connectivity index (χ0v) is 8.97. The summed E-state index contributed by atoms with van der Waals surface area (Å²) in [5.74, 6) is -0.192. The smallest absolute Gasteiger partial charge is 0.352 e. The summed E-state index contributed by atoms with van der Waals surface area (Å²) >= 11 is 0. The van der Waals surface area contributed by atoms with Crippen LogP contribution < -0.4 is 10.5 Å². The van der Waals surface area contributed by atoms with Gasteiger partial charge in [-0.25, -0.2) is 4.98 Å². The number of ether oxygens (including phenoxy) is 2. The normalized spacial score (nSPS) is 10.1. The van der Waals surface area contributed by atoms with Crippen molar-refractivity contribution in [2.24, 2.45) is 0 Å². The van der Waals surface area contributed by atoms with Crippen LogP contribution in [-0.4, -0.2) is 35.2 Å². The highest BCUT2D eigenvalue weighted by atomic mass is 16.6. The lowest BCUT2D eigenvalue weighted by Gasteiger charge is -2.06. The van der Waals surface area contributed by atoms with E-state index in [0.29, 0.717) is 6.61 Å². The third kappa shape index (κ3) is 2.76. The van der Waals surface area contributed by atoms with Gasteiger partial charge in [0.15, 0.2) is 0 Å². The van der Waals surface area contributed by atoms with Gasteiger partial charge in [-0.3, -0.25) is 10.1 Å². The number of methoxy groups -OCH3 is 1. The largest absolute Gasteiger partial charge is 0.470 e. The Morgan fingerprint density at radius 1 is 1.44 bits per heavy atom. The van der Waals surface area contributed by atoms with E-state index in [-0.39, 0.29) is 29.8 Å². The van der Waals surface area contributed by atoms with Gasteiger partial charge in [-0.05, 0) is 6.92 Å². The maximum absolute atomic E-state index is 10.8. The number of hydrogen-bond donors (Lipinski definition) is 1. The first-order valence-electron chi connectivity index (χ1n) is 4.46. The van der Waals surface area contributed by atoms with Crippen molar-refractivity contribution < 1.29 is 14.4 Å². The second-order valence-electron chi connectivity index (χ2n) is 2.92. The van der Waals surface area contributed by atoms with E-state index in [2.05, 4.69) is 9.97 Å². The molecule has 0 aromatic carbocycles. The molecule has 0 aliphatic carbocycles. The van der Waals surface area contributed by atoms with Crippen molar-refractivity contribution in [1.29, 1.82) is 0 Å². The van der Waals surface area contributed by atoms with Gasteiger partial charge in [0, 0.05) is 7.11 Å². The van der Waals surface area contributed by atoms with Crippen LogP contribution in [0.2, 0.25) is 0 Å². The minimum Gasteiger partial charge on any atom is -0.470 e. The average Bonchev–Trinajstić information content (AvgIpc) is 2.16. The summed E-state index contributed by atoms with van der Waals surface area (Å²) < 4.78 is 9.86. The minimum absolute atomic E-state index is 0.0597. The highest BCUT2D eigenvalue weighted by Gasteiger charge is 2.22. The number of nitrogens with zero attached hydrogens (tertiary/aromatic N) is 3. The Bertz CT molecular complexity index is 396. The monoisotopic (exact) mass is 228 g/mol. The number of anilines is 1. The molecule has 0 fully saturated rings. The molecule has 0 aliphatic rings. The van der Waals surface area contributed by atoms with Crippen molar-refractivity contribution in [3.8, 4) is 5.88 Å². The van der Waals surface area contributed by atoms with Gasteiger partial charge in [-0.1, -0.05) is 0 Å². The Balaban J connectivity index is 2.99. The summed E-state index contributed by atoms with van der Waals surface area (Å²) in [5, 5.41) is 10.8. The second-order valence-corrected chi connectivity index (χ2v) is 2.92. The lowest BCUT2D eigenvalue weighted by molar-refractivity contribution is -0.387. The van der Waals surface area contributed by atoms with E-state index < -0.39 is 4.92 Å². The minimum atomic E-state index is -0.600. The molecule has 1 aromatic rings. The molecule has 0 saturated carbocycles. The van der Waals surface area contributed by atoms with Crippen LogP contribution in [0.1, 0.15) is 5.69 Å². The van der Waals surface area contributed by atoms with Gasteiger partial charge in [0.1, 0.15) is 12.3 Å². The van der Waals surface area contributed by atoms with E-state index in [1.807, 2.05) is 0 Å². The zero-order valence-electron chi connectivity index (χ0n) is 8.97. The maximum Gasteiger partial charge on any atom is 0.352 e. The summed E-state index contributed by atoms with van der Waals surface area (Å²) in [6.45, 7) is 1.94. The molecule has 0 amide bonds. The Hall–Kier alpha value is -1.96. The predicted molar refractivity (Wildman–Crippen MR) is 55.2 cm³/mol. The van der Waals surface area contributed by atoms with Crippen LogP contribution in [0.3, 0.4) is 0 Å². The van der Waals surface area contributed by atoms with Crippen molar-refractivity contribution in [1.82, 2.24) is 9.97 Å². The molecule has 0 bridgehead atoms. The van der Waals surface area contributed by atoms with Gasteiger partial charge in [-0.2, -0.15) is 4.98 Å². The fourth-order valence-corrected chi connectivity index (χ4v) is 1.09. The average molecular weight is 228 g/mol. The number of aromatic nitrogens is 2. The molecular weight excluding hydrogens is 216 g/mol. The second kappa shape index (κ2) is 5.21. The Morgan fingerprint density at radius 3 is 2.69 bits per heavy atom. The van der Waals surface area contributed by atoms with Gasteiger partial charge >= 0.3 is 5.69 Å². The Kier molecular flexibility index (Phi) is 3.95. The number of nitro groups is 1. The van der Waals surface area contributed by atoms with Crippen molar-refractivity contribution in [3.05, 3.63) is 15.8 Å². The molecule has 2 N–H and O–H groups in total. The molecule has 0 radical (unpaired) electrons. The van der Waals surface area contributed by atoms with E-state index >= 15 is 0 Å². The molecule has 88 valence electrons. The molecular formula is C8H12N4O4. The summed E-state index contributed by atoms with van der Waals surface area (Å²) in [7, 11) is 1.50. The van der Waals surface area contributed by atoms with E-state index in [0.717, 1.165) is 0 Å². The van der Waals surface area contributed by atoms with Crippen molar-refractivity contribution >= 4 is 11.6 Å². The third-order valence-corrected chi connectivity index (χ3v) is 1.75. The first kappa shape index (κ1) is 12.1. The first-order valence-corrected chi connectivity index (χ1v) is 4.46. The first-order chi connectivity index (χ1) is 7.56. The highest BCUT2D eigenvalue weighted by molar-refractivity contribution is 5.47. The van der Waals surface area contributed by atoms with Crippen LogP contribution in [0, 0.1) is 17.0 Å². The van der Waals surface area contributed by atoms with Crippen LogP contribution in [0.5, 0.6) is 5.88 Å². The number of nitrogens with two attached hydrogens (primary N) is 1. The fourth-order valence-electron chi connectivity index (χ4n) is 1.09. The van der Waals surface area contributed by atoms with E-state index in [1.165, 1.54) is 14.0 Å². The Labute approximate surface area is 91.6 Å². The van der Waals surface area contributed by atoms with E-state index in [9.17, 15) is 10.1 Å². The summed E-state index contributed by atoms with van der Waals surface area (Å²) in [6, 6.07) is 0. The summed E-state index contributed by atoms with van der Waals surface area (Å²) in [6.07, 6.45) is 0. The number of rotatable bonds is 5. The fraction of sp³-hybridized carbons (Fsp3) is 0.500. The lowest BCUT2D eigenvalue weighted by atomic mass is 10.3. The quantitative estimate of drug-likeness (QED) is 0.438. The molecule has 0 atom stereocenters. The van der Waals surface area contributed by atoms with Crippen molar-refractivity contribution in [2.75, 3.05) is 26.1 Å². The molecule has 0 aliphatic heterocycles. The van der Waals surface area contributed by atoms with Gasteiger partial charge in [0.25, 0.3) is 5.88 Å². The lowest BCUT2D eigenvalue weighted by Crippen LogP contribution is -2.10. The third-order valence-electron chi connectivity index (χ3n) is 1.75. The zero-order chi connectivity index (χ0) is 12.1. The molecule has 1 rings (SSSR count).